The van der Waals surface area contributed by atoms with Crippen LogP contribution >= 0.6 is 0 Å². The van der Waals surface area contributed by atoms with Gasteiger partial charge in [0.1, 0.15) is 17.9 Å². The molecule has 0 aromatic heterocycles. The van der Waals surface area contributed by atoms with Crippen LogP contribution in [0.3, 0.4) is 0 Å². The highest BCUT2D eigenvalue weighted by atomic mass is 16.5. The summed E-state index contributed by atoms with van der Waals surface area (Å²) in [6.45, 7) is 0.455. The molecule has 122 valence electrons. The number of carbonyl (C=O) groups is 1. The van der Waals surface area contributed by atoms with E-state index in [1.165, 1.54) is 0 Å². The molecule has 1 amide bonds. The largest absolute Gasteiger partial charge is 0.489 e. The summed E-state index contributed by atoms with van der Waals surface area (Å²) in [4.78, 5) is 14.3. The van der Waals surface area contributed by atoms with Gasteiger partial charge in [-0.15, -0.1) is 0 Å². The van der Waals surface area contributed by atoms with Gasteiger partial charge in [0.2, 0.25) is 0 Å². The lowest BCUT2D eigenvalue weighted by atomic mass is 9.76. The molecule has 24 heavy (non-hydrogen) atoms. The molecule has 0 bridgehead atoms. The van der Waals surface area contributed by atoms with Gasteiger partial charge in [-0.25, -0.2) is 0 Å². The van der Waals surface area contributed by atoms with Crippen molar-refractivity contribution in [3.05, 3.63) is 65.7 Å². The van der Waals surface area contributed by atoms with E-state index in [0.717, 1.165) is 24.8 Å². The Labute approximate surface area is 142 Å². The second-order valence-corrected chi connectivity index (χ2v) is 6.16. The van der Waals surface area contributed by atoms with Crippen molar-refractivity contribution in [3.8, 4) is 11.8 Å². The Balaban J connectivity index is 1.71. The summed E-state index contributed by atoms with van der Waals surface area (Å²) < 4.78 is 5.78. The van der Waals surface area contributed by atoms with Crippen molar-refractivity contribution >= 4 is 5.91 Å². The molecule has 0 aliphatic heterocycles. The lowest BCUT2D eigenvalue weighted by Crippen LogP contribution is -2.53. The predicted octanol–water partition coefficient (Wildman–Crippen LogP) is 3.78. The molecule has 0 spiro atoms. The highest BCUT2D eigenvalue weighted by Crippen LogP contribution is 2.37. The number of nitriles is 1. The van der Waals surface area contributed by atoms with Crippen LogP contribution in [0.15, 0.2) is 54.6 Å². The van der Waals surface area contributed by atoms with E-state index in [2.05, 4.69) is 6.07 Å². The molecule has 0 atom stereocenters. The first-order valence-corrected chi connectivity index (χ1v) is 8.11. The van der Waals surface area contributed by atoms with E-state index in [0.29, 0.717) is 17.9 Å². The highest BCUT2D eigenvalue weighted by molar-refractivity contribution is 5.95. The standard InChI is InChI=1S/C20H20N2O2/c1-22(20(15-21)11-6-12-20)19(23)17-9-5-10-18(13-17)24-14-16-7-3-2-4-8-16/h2-5,7-10,13H,6,11-12,14H2,1H3. The number of hydrogen-bond acceptors (Lipinski definition) is 3. The minimum absolute atomic E-state index is 0.138. The predicted molar refractivity (Wildman–Crippen MR) is 91.5 cm³/mol. The van der Waals surface area contributed by atoms with Gasteiger partial charge in [-0.2, -0.15) is 5.26 Å². The van der Waals surface area contributed by atoms with E-state index in [1.807, 2.05) is 36.4 Å². The first-order chi connectivity index (χ1) is 11.6. The molecule has 0 radical (unpaired) electrons. The van der Waals surface area contributed by atoms with Crippen LogP contribution < -0.4 is 4.74 Å². The second kappa shape index (κ2) is 6.76. The third-order valence-electron chi connectivity index (χ3n) is 4.66. The molecule has 4 nitrogen and oxygen atoms in total. The maximum absolute atomic E-state index is 12.7. The summed E-state index contributed by atoms with van der Waals surface area (Å²) >= 11 is 0. The van der Waals surface area contributed by atoms with Crippen molar-refractivity contribution in [2.45, 2.75) is 31.4 Å². The fourth-order valence-corrected chi connectivity index (χ4v) is 2.88. The maximum atomic E-state index is 12.7. The molecule has 3 rings (SSSR count). The zero-order valence-corrected chi connectivity index (χ0v) is 13.7. The number of ether oxygens (including phenoxy) is 1. The maximum Gasteiger partial charge on any atom is 0.255 e. The van der Waals surface area contributed by atoms with Gasteiger partial charge < -0.3 is 9.64 Å². The van der Waals surface area contributed by atoms with Crippen molar-refractivity contribution in [2.75, 3.05) is 7.05 Å². The molecular formula is C20H20N2O2. The van der Waals surface area contributed by atoms with E-state index >= 15 is 0 Å². The third-order valence-corrected chi connectivity index (χ3v) is 4.66. The summed E-state index contributed by atoms with van der Waals surface area (Å²) in [6, 6.07) is 19.3. The second-order valence-electron chi connectivity index (χ2n) is 6.16. The Morgan fingerprint density at radius 2 is 1.96 bits per heavy atom. The van der Waals surface area contributed by atoms with Crippen LogP contribution in [0.2, 0.25) is 0 Å². The third kappa shape index (κ3) is 3.11. The molecule has 0 saturated heterocycles. The number of hydrogen-bond donors (Lipinski definition) is 0. The average molecular weight is 320 g/mol. The van der Waals surface area contributed by atoms with E-state index in [-0.39, 0.29) is 5.91 Å². The lowest BCUT2D eigenvalue weighted by Gasteiger charge is -2.42. The Bertz CT molecular complexity index is 761. The van der Waals surface area contributed by atoms with E-state index in [1.54, 1.807) is 30.1 Å². The van der Waals surface area contributed by atoms with Crippen LogP contribution in [-0.4, -0.2) is 23.4 Å². The number of benzene rings is 2. The van der Waals surface area contributed by atoms with Crippen LogP contribution in [0, 0.1) is 11.3 Å². The van der Waals surface area contributed by atoms with Gasteiger partial charge >= 0.3 is 0 Å². The SMILES string of the molecule is CN(C(=O)c1cccc(OCc2ccccc2)c1)C1(C#N)CCC1. The van der Waals surface area contributed by atoms with Crippen LogP contribution in [-0.2, 0) is 6.61 Å². The van der Waals surface area contributed by atoms with Gasteiger partial charge in [-0.1, -0.05) is 36.4 Å². The zero-order valence-electron chi connectivity index (χ0n) is 13.7. The molecule has 1 fully saturated rings. The molecule has 1 aliphatic carbocycles. The van der Waals surface area contributed by atoms with Gasteiger partial charge in [-0.05, 0) is 43.0 Å². The van der Waals surface area contributed by atoms with E-state index < -0.39 is 5.54 Å². The van der Waals surface area contributed by atoms with Crippen molar-refractivity contribution < 1.29 is 9.53 Å². The van der Waals surface area contributed by atoms with Crippen LogP contribution in [0.1, 0.15) is 35.2 Å². The van der Waals surface area contributed by atoms with Gasteiger partial charge in [0.05, 0.1) is 6.07 Å². The molecular weight excluding hydrogens is 300 g/mol. The number of amides is 1. The van der Waals surface area contributed by atoms with Crippen molar-refractivity contribution in [1.29, 1.82) is 5.26 Å². The van der Waals surface area contributed by atoms with Crippen molar-refractivity contribution in [3.63, 3.8) is 0 Å². The number of nitrogens with zero attached hydrogens (tertiary/aromatic N) is 2. The van der Waals surface area contributed by atoms with Gasteiger partial charge in [0, 0.05) is 12.6 Å². The Hall–Kier alpha value is -2.80. The Morgan fingerprint density at radius 3 is 2.58 bits per heavy atom. The molecule has 2 aromatic carbocycles. The van der Waals surface area contributed by atoms with Gasteiger partial charge in [-0.3, -0.25) is 4.79 Å². The zero-order chi connectivity index (χ0) is 17.0. The highest BCUT2D eigenvalue weighted by Gasteiger charge is 2.43. The quantitative estimate of drug-likeness (QED) is 0.842. The van der Waals surface area contributed by atoms with Crippen LogP contribution in [0.5, 0.6) is 5.75 Å². The fourth-order valence-electron chi connectivity index (χ4n) is 2.88. The smallest absolute Gasteiger partial charge is 0.255 e. The molecule has 1 aliphatic rings. The fraction of sp³-hybridized carbons (Fsp3) is 0.300. The molecule has 4 heteroatoms. The van der Waals surface area contributed by atoms with Crippen molar-refractivity contribution in [2.24, 2.45) is 0 Å². The lowest BCUT2D eigenvalue weighted by molar-refractivity contribution is 0.0497. The van der Waals surface area contributed by atoms with Gasteiger partial charge in [0.25, 0.3) is 5.91 Å². The first kappa shape index (κ1) is 16.1. The minimum Gasteiger partial charge on any atom is -0.489 e. The van der Waals surface area contributed by atoms with E-state index in [9.17, 15) is 10.1 Å². The normalized spacial score (nSPS) is 15.0. The minimum atomic E-state index is -0.641. The van der Waals surface area contributed by atoms with Gasteiger partial charge in [0.15, 0.2) is 0 Å². The topological polar surface area (TPSA) is 53.3 Å². The molecule has 0 heterocycles. The Kier molecular flexibility index (Phi) is 4.52. The summed E-state index contributed by atoms with van der Waals surface area (Å²) in [6.07, 6.45) is 2.48. The molecule has 2 aromatic rings. The first-order valence-electron chi connectivity index (χ1n) is 8.11. The molecule has 0 unspecified atom stereocenters. The van der Waals surface area contributed by atoms with Crippen LogP contribution in [0.4, 0.5) is 0 Å². The summed E-state index contributed by atoms with van der Waals surface area (Å²) in [5.74, 6) is 0.513. The molecule has 1 saturated carbocycles. The van der Waals surface area contributed by atoms with Crippen molar-refractivity contribution in [1.82, 2.24) is 4.90 Å². The molecule has 0 N–H and O–H groups in total. The average Bonchev–Trinajstić information content (AvgIpc) is 2.60. The number of carbonyl (C=O) groups excluding carboxylic acids is 1. The summed E-state index contributed by atoms with van der Waals surface area (Å²) in [5, 5.41) is 9.40. The summed E-state index contributed by atoms with van der Waals surface area (Å²) in [7, 11) is 1.71. The monoisotopic (exact) mass is 320 g/mol. The van der Waals surface area contributed by atoms with Crippen LogP contribution in [0.25, 0.3) is 0 Å². The number of rotatable bonds is 5. The van der Waals surface area contributed by atoms with E-state index in [4.69, 9.17) is 4.74 Å². The summed E-state index contributed by atoms with van der Waals surface area (Å²) in [5.41, 5.74) is 0.978. The Morgan fingerprint density at radius 1 is 1.21 bits per heavy atom.